The summed E-state index contributed by atoms with van der Waals surface area (Å²) in [5, 5.41) is 4.26. The van der Waals surface area contributed by atoms with E-state index in [1.54, 1.807) is 6.07 Å². The van der Waals surface area contributed by atoms with Gasteiger partial charge in [-0.3, -0.25) is 0 Å². The van der Waals surface area contributed by atoms with E-state index in [0.29, 0.717) is 17.1 Å². The summed E-state index contributed by atoms with van der Waals surface area (Å²) >= 11 is 0. The van der Waals surface area contributed by atoms with E-state index in [0.717, 1.165) is 49.9 Å². The topological polar surface area (TPSA) is 17.0 Å². The SMILES string of the molecule is Cc1ccc2c(oc3c(-c4ccc(-c5ccccc5)cc4)c(F)ccc32)c1-c1c2ccc(C(C)C)cc2cc[n+]1C. The van der Waals surface area contributed by atoms with Gasteiger partial charge in [-0.15, -0.1) is 0 Å². The maximum Gasteiger partial charge on any atom is 0.224 e. The number of aromatic nitrogens is 1. The molecule has 41 heavy (non-hydrogen) atoms. The summed E-state index contributed by atoms with van der Waals surface area (Å²) < 4.78 is 24.4. The number of hydrogen-bond donors (Lipinski definition) is 0. The molecule has 0 amide bonds. The van der Waals surface area contributed by atoms with Crippen molar-refractivity contribution < 1.29 is 13.4 Å². The van der Waals surface area contributed by atoms with Crippen molar-refractivity contribution in [2.45, 2.75) is 26.7 Å². The molecule has 7 rings (SSSR count). The number of hydrogen-bond acceptors (Lipinski definition) is 1. The number of furan rings is 1. The number of pyridine rings is 1. The Morgan fingerprint density at radius 1 is 0.659 bits per heavy atom. The van der Waals surface area contributed by atoms with Gasteiger partial charge in [0, 0.05) is 16.8 Å². The predicted octanol–water partition coefficient (Wildman–Crippen LogP) is 10.1. The van der Waals surface area contributed by atoms with Crippen LogP contribution in [0.3, 0.4) is 0 Å². The first-order valence-corrected chi connectivity index (χ1v) is 14.1. The first kappa shape index (κ1) is 25.2. The van der Waals surface area contributed by atoms with Crippen LogP contribution in [0.4, 0.5) is 4.39 Å². The van der Waals surface area contributed by atoms with Crippen molar-refractivity contribution in [3.05, 3.63) is 126 Å². The van der Waals surface area contributed by atoms with Crippen molar-refractivity contribution in [1.29, 1.82) is 0 Å². The maximum absolute atomic E-state index is 15.6. The van der Waals surface area contributed by atoms with Crippen LogP contribution in [0, 0.1) is 12.7 Å². The number of halogens is 1. The molecule has 200 valence electrons. The van der Waals surface area contributed by atoms with Gasteiger partial charge in [0.2, 0.25) is 5.69 Å². The lowest BCUT2D eigenvalue weighted by Gasteiger charge is -2.11. The molecular formula is C38H31FNO+. The van der Waals surface area contributed by atoms with Gasteiger partial charge in [-0.05, 0) is 64.2 Å². The van der Waals surface area contributed by atoms with E-state index in [9.17, 15) is 0 Å². The van der Waals surface area contributed by atoms with E-state index in [-0.39, 0.29) is 5.82 Å². The second kappa shape index (κ2) is 9.71. The zero-order chi connectivity index (χ0) is 28.2. The third kappa shape index (κ3) is 4.12. The molecule has 0 aliphatic carbocycles. The molecule has 0 bridgehead atoms. The fourth-order valence-electron chi connectivity index (χ4n) is 6.06. The van der Waals surface area contributed by atoms with Crippen LogP contribution in [0.25, 0.3) is 66.2 Å². The fourth-order valence-corrected chi connectivity index (χ4v) is 6.06. The Morgan fingerprint density at radius 3 is 2.02 bits per heavy atom. The molecule has 0 fully saturated rings. The number of fused-ring (bicyclic) bond motifs is 4. The molecule has 0 radical (unpaired) electrons. The van der Waals surface area contributed by atoms with Gasteiger partial charge in [-0.25, -0.2) is 8.96 Å². The minimum Gasteiger partial charge on any atom is -0.454 e. The van der Waals surface area contributed by atoms with Crippen molar-refractivity contribution in [3.63, 3.8) is 0 Å². The van der Waals surface area contributed by atoms with Crippen molar-refractivity contribution >= 4 is 32.7 Å². The standard InChI is InChI=1S/C38H31FNO/c1-23(2)28-15-17-30-29(22-28)20-21-40(4)36(30)34-24(3)10-16-31-32-18-19-33(39)35(38(32)41-37(31)34)27-13-11-26(12-14-27)25-8-6-5-7-9-25/h5-23H,1-4H3/q+1. The van der Waals surface area contributed by atoms with Gasteiger partial charge in [0.05, 0.1) is 16.5 Å². The summed E-state index contributed by atoms with van der Waals surface area (Å²) in [6.45, 7) is 6.56. The summed E-state index contributed by atoms with van der Waals surface area (Å²) in [4.78, 5) is 0. The molecule has 7 aromatic rings. The molecule has 0 aliphatic heterocycles. The minimum absolute atomic E-state index is 0.292. The third-order valence-corrected chi connectivity index (χ3v) is 8.31. The van der Waals surface area contributed by atoms with Gasteiger partial charge >= 0.3 is 0 Å². The van der Waals surface area contributed by atoms with Gasteiger partial charge in [0.1, 0.15) is 24.0 Å². The Balaban J connectivity index is 1.47. The predicted molar refractivity (Wildman–Crippen MR) is 167 cm³/mol. The van der Waals surface area contributed by atoms with Crippen molar-refractivity contribution in [2.24, 2.45) is 7.05 Å². The molecule has 3 heteroatoms. The Hall–Kier alpha value is -4.76. The van der Waals surface area contributed by atoms with E-state index in [4.69, 9.17) is 4.42 Å². The van der Waals surface area contributed by atoms with Crippen LogP contribution in [0.2, 0.25) is 0 Å². The zero-order valence-electron chi connectivity index (χ0n) is 23.7. The Morgan fingerprint density at radius 2 is 1.29 bits per heavy atom. The average molecular weight is 537 g/mol. The van der Waals surface area contributed by atoms with Crippen LogP contribution in [0.15, 0.2) is 114 Å². The summed E-state index contributed by atoms with van der Waals surface area (Å²) in [6, 6.07) is 34.8. The molecule has 0 N–H and O–H groups in total. The van der Waals surface area contributed by atoms with E-state index < -0.39 is 0 Å². The summed E-state index contributed by atoms with van der Waals surface area (Å²) in [6.07, 6.45) is 2.11. The van der Waals surface area contributed by atoms with Crippen molar-refractivity contribution in [3.8, 4) is 33.5 Å². The minimum atomic E-state index is -0.292. The molecule has 2 heterocycles. The van der Waals surface area contributed by atoms with Crippen LogP contribution < -0.4 is 4.57 Å². The van der Waals surface area contributed by atoms with E-state index in [1.165, 1.54) is 16.3 Å². The molecule has 0 aliphatic rings. The van der Waals surface area contributed by atoms with Gasteiger partial charge in [-0.1, -0.05) is 92.7 Å². The quantitative estimate of drug-likeness (QED) is 0.205. The van der Waals surface area contributed by atoms with Gasteiger partial charge < -0.3 is 4.42 Å². The van der Waals surface area contributed by atoms with Crippen molar-refractivity contribution in [2.75, 3.05) is 0 Å². The lowest BCUT2D eigenvalue weighted by Crippen LogP contribution is -2.30. The van der Waals surface area contributed by atoms with E-state index >= 15 is 4.39 Å². The highest BCUT2D eigenvalue weighted by Crippen LogP contribution is 2.43. The number of benzene rings is 5. The Labute approximate surface area is 239 Å². The van der Waals surface area contributed by atoms with Gasteiger partial charge in [0.15, 0.2) is 6.20 Å². The van der Waals surface area contributed by atoms with Gasteiger partial charge in [-0.2, -0.15) is 0 Å². The second-order valence-corrected chi connectivity index (χ2v) is 11.3. The van der Waals surface area contributed by atoms with Crippen LogP contribution in [0.5, 0.6) is 0 Å². The molecule has 0 saturated carbocycles. The molecule has 2 nitrogen and oxygen atoms in total. The normalized spacial score (nSPS) is 11.8. The van der Waals surface area contributed by atoms with E-state index in [1.807, 2.05) is 48.5 Å². The molecule has 0 atom stereocenters. The molecule has 2 aromatic heterocycles. The number of aryl methyl sites for hydroxylation is 2. The maximum atomic E-state index is 15.6. The van der Waals surface area contributed by atoms with Crippen LogP contribution in [-0.4, -0.2) is 0 Å². The summed E-state index contributed by atoms with van der Waals surface area (Å²) in [5.41, 5.74) is 9.42. The Kier molecular flexibility index (Phi) is 5.97. The van der Waals surface area contributed by atoms with Crippen molar-refractivity contribution in [1.82, 2.24) is 0 Å². The molecule has 0 unspecified atom stereocenters. The third-order valence-electron chi connectivity index (χ3n) is 8.31. The highest BCUT2D eigenvalue weighted by molar-refractivity contribution is 6.14. The second-order valence-electron chi connectivity index (χ2n) is 11.3. The monoisotopic (exact) mass is 536 g/mol. The summed E-state index contributed by atoms with van der Waals surface area (Å²) in [5.74, 6) is 0.159. The molecule has 0 spiro atoms. The fraction of sp³-hybridized carbons (Fsp3) is 0.132. The number of rotatable bonds is 4. The molecule has 5 aromatic carbocycles. The highest BCUT2D eigenvalue weighted by Gasteiger charge is 2.25. The Bertz CT molecular complexity index is 2090. The van der Waals surface area contributed by atoms with E-state index in [2.05, 4.69) is 87.1 Å². The number of nitrogens with zero attached hydrogens (tertiary/aromatic N) is 1. The largest absolute Gasteiger partial charge is 0.454 e. The molecule has 0 saturated heterocycles. The van der Waals surface area contributed by atoms with Gasteiger partial charge in [0.25, 0.3) is 0 Å². The van der Waals surface area contributed by atoms with Crippen LogP contribution in [-0.2, 0) is 7.05 Å². The zero-order valence-corrected chi connectivity index (χ0v) is 23.7. The lowest BCUT2D eigenvalue weighted by molar-refractivity contribution is -0.659. The van der Waals surface area contributed by atoms with Crippen LogP contribution >= 0.6 is 0 Å². The highest BCUT2D eigenvalue weighted by atomic mass is 19.1. The smallest absolute Gasteiger partial charge is 0.224 e. The average Bonchev–Trinajstić information content (AvgIpc) is 3.36. The van der Waals surface area contributed by atoms with Crippen LogP contribution in [0.1, 0.15) is 30.9 Å². The summed E-state index contributed by atoms with van der Waals surface area (Å²) in [7, 11) is 2.07. The lowest BCUT2D eigenvalue weighted by atomic mass is 9.94. The first-order chi connectivity index (χ1) is 19.9. The molecular weight excluding hydrogens is 505 g/mol. The first-order valence-electron chi connectivity index (χ1n) is 14.1.